The Bertz CT molecular complexity index is 620. The van der Waals surface area contributed by atoms with Crippen LogP contribution in [0.2, 0.25) is 0 Å². The van der Waals surface area contributed by atoms with Gasteiger partial charge in [-0.15, -0.1) is 0 Å². The Balaban J connectivity index is 2.52. The van der Waals surface area contributed by atoms with Crippen LogP contribution >= 0.6 is 0 Å². The highest BCUT2D eigenvalue weighted by atomic mass is 16.4. The summed E-state index contributed by atoms with van der Waals surface area (Å²) in [5.74, 6) is -0.894. The molecule has 0 saturated carbocycles. The van der Waals surface area contributed by atoms with Crippen LogP contribution in [0.15, 0.2) is 48.5 Å². The van der Waals surface area contributed by atoms with E-state index >= 15 is 0 Å². The molecule has 0 aliphatic rings. The third-order valence-electron chi connectivity index (χ3n) is 3.45. The molecular formula is C17H19NO2. The number of benzene rings is 2. The van der Waals surface area contributed by atoms with Gasteiger partial charge in [-0.2, -0.15) is 0 Å². The lowest BCUT2D eigenvalue weighted by molar-refractivity contribution is 0.0696. The van der Waals surface area contributed by atoms with Crippen molar-refractivity contribution in [2.45, 2.75) is 13.0 Å². The minimum absolute atomic E-state index is 0.0514. The van der Waals surface area contributed by atoms with E-state index < -0.39 is 5.97 Å². The van der Waals surface area contributed by atoms with Gasteiger partial charge in [0.05, 0.1) is 11.6 Å². The van der Waals surface area contributed by atoms with Crippen LogP contribution < -0.4 is 0 Å². The molecule has 1 N–H and O–H groups in total. The van der Waals surface area contributed by atoms with Crippen LogP contribution in [0.5, 0.6) is 0 Å². The first-order valence-electron chi connectivity index (χ1n) is 6.56. The molecule has 0 aliphatic carbocycles. The van der Waals surface area contributed by atoms with Crippen molar-refractivity contribution in [2.75, 3.05) is 14.1 Å². The number of aryl methyl sites for hydroxylation is 1. The molecule has 2 aromatic carbocycles. The van der Waals surface area contributed by atoms with Crippen LogP contribution in [-0.2, 0) is 0 Å². The summed E-state index contributed by atoms with van der Waals surface area (Å²) < 4.78 is 0. The van der Waals surface area contributed by atoms with Gasteiger partial charge < -0.3 is 5.11 Å². The third kappa shape index (κ3) is 2.89. The lowest BCUT2D eigenvalue weighted by Gasteiger charge is -2.27. The van der Waals surface area contributed by atoms with Crippen LogP contribution in [0.3, 0.4) is 0 Å². The van der Waals surface area contributed by atoms with Crippen molar-refractivity contribution in [3.05, 3.63) is 70.8 Å². The molecule has 2 aromatic rings. The monoisotopic (exact) mass is 269 g/mol. The van der Waals surface area contributed by atoms with Crippen molar-refractivity contribution in [3.8, 4) is 0 Å². The summed E-state index contributed by atoms with van der Waals surface area (Å²) in [7, 11) is 4.01. The first-order chi connectivity index (χ1) is 9.50. The molecule has 0 aliphatic heterocycles. The molecule has 0 radical (unpaired) electrons. The molecule has 1 unspecified atom stereocenters. The number of carboxylic acid groups (broad SMARTS) is 1. The quantitative estimate of drug-likeness (QED) is 0.925. The maximum absolute atomic E-state index is 11.1. The smallest absolute Gasteiger partial charge is 0.335 e. The van der Waals surface area contributed by atoms with Crippen molar-refractivity contribution >= 4 is 5.97 Å². The van der Waals surface area contributed by atoms with Crippen molar-refractivity contribution in [1.82, 2.24) is 4.90 Å². The minimum Gasteiger partial charge on any atom is -0.478 e. The lowest BCUT2D eigenvalue weighted by Crippen LogP contribution is -2.22. The average Bonchev–Trinajstić information content (AvgIpc) is 2.41. The highest BCUT2D eigenvalue weighted by molar-refractivity contribution is 5.87. The van der Waals surface area contributed by atoms with Crippen LogP contribution in [0.25, 0.3) is 0 Å². The lowest BCUT2D eigenvalue weighted by atomic mass is 9.93. The molecule has 0 bridgehead atoms. The van der Waals surface area contributed by atoms with Gasteiger partial charge in [0.1, 0.15) is 0 Å². The molecule has 20 heavy (non-hydrogen) atoms. The Morgan fingerprint density at radius 2 is 1.80 bits per heavy atom. The molecular weight excluding hydrogens is 250 g/mol. The summed E-state index contributed by atoms with van der Waals surface area (Å²) in [6.07, 6.45) is 0. The van der Waals surface area contributed by atoms with Crippen molar-refractivity contribution < 1.29 is 9.90 Å². The number of hydrogen-bond donors (Lipinski definition) is 1. The second-order valence-corrected chi connectivity index (χ2v) is 5.15. The van der Waals surface area contributed by atoms with E-state index in [2.05, 4.69) is 24.0 Å². The molecule has 3 heteroatoms. The number of hydrogen-bond acceptors (Lipinski definition) is 2. The van der Waals surface area contributed by atoms with E-state index in [-0.39, 0.29) is 6.04 Å². The van der Waals surface area contributed by atoms with E-state index in [4.69, 9.17) is 5.11 Å². The molecule has 0 aromatic heterocycles. The fourth-order valence-electron chi connectivity index (χ4n) is 2.49. The summed E-state index contributed by atoms with van der Waals surface area (Å²) >= 11 is 0. The summed E-state index contributed by atoms with van der Waals surface area (Å²) in [4.78, 5) is 13.2. The summed E-state index contributed by atoms with van der Waals surface area (Å²) in [6, 6.07) is 15.4. The molecule has 0 spiro atoms. The van der Waals surface area contributed by atoms with E-state index in [1.807, 2.05) is 32.3 Å². The predicted molar refractivity (Wildman–Crippen MR) is 80.1 cm³/mol. The first-order valence-corrected chi connectivity index (χ1v) is 6.56. The van der Waals surface area contributed by atoms with Crippen molar-refractivity contribution in [3.63, 3.8) is 0 Å². The van der Waals surface area contributed by atoms with E-state index in [9.17, 15) is 4.79 Å². The Morgan fingerprint density at radius 1 is 1.10 bits per heavy atom. The number of rotatable bonds is 4. The Kier molecular flexibility index (Phi) is 4.20. The highest BCUT2D eigenvalue weighted by Gasteiger charge is 2.19. The summed E-state index contributed by atoms with van der Waals surface area (Å²) in [6.45, 7) is 2.08. The summed E-state index contributed by atoms with van der Waals surface area (Å²) in [5, 5.41) is 9.14. The maximum atomic E-state index is 11.1. The van der Waals surface area contributed by atoms with Gasteiger partial charge in [0.2, 0.25) is 0 Å². The van der Waals surface area contributed by atoms with Gasteiger partial charge in [-0.3, -0.25) is 4.90 Å². The van der Waals surface area contributed by atoms with Crippen LogP contribution in [0.1, 0.15) is 33.1 Å². The van der Waals surface area contributed by atoms with Gasteiger partial charge in [-0.1, -0.05) is 36.4 Å². The fourth-order valence-corrected chi connectivity index (χ4v) is 2.49. The predicted octanol–water partition coefficient (Wildman–Crippen LogP) is 3.34. The zero-order chi connectivity index (χ0) is 14.7. The largest absolute Gasteiger partial charge is 0.478 e. The van der Waals surface area contributed by atoms with E-state index in [1.54, 1.807) is 18.2 Å². The number of aromatic carboxylic acids is 1. The number of carbonyl (C=O) groups is 1. The third-order valence-corrected chi connectivity index (χ3v) is 3.45. The zero-order valence-corrected chi connectivity index (χ0v) is 12.0. The molecule has 0 fully saturated rings. The Labute approximate surface area is 119 Å². The molecule has 0 amide bonds. The van der Waals surface area contributed by atoms with E-state index in [0.29, 0.717) is 5.56 Å². The second-order valence-electron chi connectivity index (χ2n) is 5.15. The molecule has 0 saturated heterocycles. The number of nitrogens with zero attached hydrogens (tertiary/aromatic N) is 1. The molecule has 1 atom stereocenters. The van der Waals surface area contributed by atoms with E-state index in [0.717, 1.165) is 5.56 Å². The van der Waals surface area contributed by atoms with Gasteiger partial charge in [0.25, 0.3) is 0 Å². The molecule has 2 rings (SSSR count). The molecule has 104 valence electrons. The SMILES string of the molecule is Cc1ccccc1C(c1cccc(C(=O)O)c1)N(C)C. The fraction of sp³-hybridized carbons (Fsp3) is 0.235. The standard InChI is InChI=1S/C17H19NO2/c1-12-7-4-5-10-15(12)16(18(2)3)13-8-6-9-14(11-13)17(19)20/h4-11,16H,1-3H3,(H,19,20). The molecule has 3 nitrogen and oxygen atoms in total. The van der Waals surface area contributed by atoms with Crippen molar-refractivity contribution in [1.29, 1.82) is 0 Å². The second kappa shape index (κ2) is 5.88. The molecule has 0 heterocycles. The number of carboxylic acids is 1. The average molecular weight is 269 g/mol. The highest BCUT2D eigenvalue weighted by Crippen LogP contribution is 2.29. The minimum atomic E-state index is -0.894. The maximum Gasteiger partial charge on any atom is 0.335 e. The van der Waals surface area contributed by atoms with Crippen LogP contribution in [-0.4, -0.2) is 30.1 Å². The van der Waals surface area contributed by atoms with E-state index in [1.165, 1.54) is 11.1 Å². The topological polar surface area (TPSA) is 40.5 Å². The van der Waals surface area contributed by atoms with Gasteiger partial charge in [-0.25, -0.2) is 4.79 Å². The normalized spacial score (nSPS) is 12.4. The zero-order valence-electron chi connectivity index (χ0n) is 12.0. The van der Waals surface area contributed by atoms with Gasteiger partial charge >= 0.3 is 5.97 Å². The van der Waals surface area contributed by atoms with Crippen LogP contribution in [0.4, 0.5) is 0 Å². The van der Waals surface area contributed by atoms with Gasteiger partial charge in [0, 0.05) is 0 Å². The summed E-state index contributed by atoms with van der Waals surface area (Å²) in [5.41, 5.74) is 3.71. The van der Waals surface area contributed by atoms with Crippen LogP contribution in [0, 0.1) is 6.92 Å². The Hall–Kier alpha value is -2.13. The van der Waals surface area contributed by atoms with Gasteiger partial charge in [-0.05, 0) is 49.8 Å². The Morgan fingerprint density at radius 3 is 2.40 bits per heavy atom. The van der Waals surface area contributed by atoms with Gasteiger partial charge in [0.15, 0.2) is 0 Å². The van der Waals surface area contributed by atoms with Crippen molar-refractivity contribution in [2.24, 2.45) is 0 Å². The first kappa shape index (κ1) is 14.3.